The largest absolute Gasteiger partial charge is 0.388 e. The topological polar surface area (TPSA) is 20.2 Å². The Kier molecular flexibility index (Phi) is 2.26. The van der Waals surface area contributed by atoms with Gasteiger partial charge in [-0.25, -0.2) is 0 Å². The molecule has 0 radical (unpaired) electrons. The number of rotatable bonds is 1. The maximum absolute atomic E-state index is 10.0. The van der Waals surface area contributed by atoms with Gasteiger partial charge in [-0.05, 0) is 23.1 Å². The van der Waals surface area contributed by atoms with E-state index in [0.29, 0.717) is 5.92 Å². The molecule has 0 unspecified atom stereocenters. The molecule has 80 valence electrons. The third kappa shape index (κ3) is 1.44. The van der Waals surface area contributed by atoms with Gasteiger partial charge < -0.3 is 5.11 Å². The standard InChI is InChI=1S/C15H14O/c16-15-10-14(11-6-2-1-3-7-11)12-8-4-5-9-13(12)15/h1-9,14-16H,10H2/t14-,15+/m1/s1. The molecule has 0 spiro atoms. The molecule has 0 aromatic heterocycles. The molecule has 0 saturated carbocycles. The van der Waals surface area contributed by atoms with Crippen molar-refractivity contribution in [3.05, 3.63) is 71.3 Å². The molecule has 0 saturated heterocycles. The van der Waals surface area contributed by atoms with Crippen molar-refractivity contribution in [2.75, 3.05) is 0 Å². The zero-order valence-corrected chi connectivity index (χ0v) is 9.01. The molecule has 1 N–H and O–H groups in total. The fraction of sp³-hybridized carbons (Fsp3) is 0.200. The maximum atomic E-state index is 10.0. The highest BCUT2D eigenvalue weighted by Gasteiger charge is 2.29. The zero-order chi connectivity index (χ0) is 11.0. The maximum Gasteiger partial charge on any atom is 0.0802 e. The number of hydrogen-bond acceptors (Lipinski definition) is 1. The van der Waals surface area contributed by atoms with E-state index >= 15 is 0 Å². The van der Waals surface area contributed by atoms with Gasteiger partial charge in [0.1, 0.15) is 0 Å². The predicted molar refractivity (Wildman–Crippen MR) is 64.3 cm³/mol. The van der Waals surface area contributed by atoms with Gasteiger partial charge in [-0.1, -0.05) is 54.6 Å². The van der Waals surface area contributed by atoms with Crippen LogP contribution in [0.25, 0.3) is 0 Å². The minimum absolute atomic E-state index is 0.304. The summed E-state index contributed by atoms with van der Waals surface area (Å²) in [7, 11) is 0. The Hall–Kier alpha value is -1.60. The highest BCUT2D eigenvalue weighted by atomic mass is 16.3. The molecule has 2 atom stereocenters. The highest BCUT2D eigenvalue weighted by Crippen LogP contribution is 2.43. The number of aliphatic hydroxyl groups is 1. The Morgan fingerprint density at radius 2 is 1.44 bits per heavy atom. The Balaban J connectivity index is 2.07. The van der Waals surface area contributed by atoms with Crippen LogP contribution in [-0.4, -0.2) is 5.11 Å². The average Bonchev–Trinajstić information content (AvgIpc) is 2.69. The molecule has 16 heavy (non-hydrogen) atoms. The lowest BCUT2D eigenvalue weighted by Gasteiger charge is -2.11. The zero-order valence-electron chi connectivity index (χ0n) is 9.01. The Bertz CT molecular complexity index is 490. The summed E-state index contributed by atoms with van der Waals surface area (Å²) in [6.07, 6.45) is 0.505. The third-order valence-corrected chi connectivity index (χ3v) is 3.39. The Morgan fingerprint density at radius 1 is 0.812 bits per heavy atom. The van der Waals surface area contributed by atoms with Gasteiger partial charge in [0.2, 0.25) is 0 Å². The second kappa shape index (κ2) is 3.76. The molecule has 0 aliphatic heterocycles. The van der Waals surface area contributed by atoms with E-state index in [1.807, 2.05) is 24.3 Å². The monoisotopic (exact) mass is 210 g/mol. The smallest absolute Gasteiger partial charge is 0.0802 e. The van der Waals surface area contributed by atoms with Crippen LogP contribution in [0.2, 0.25) is 0 Å². The SMILES string of the molecule is O[C@H]1C[C@H](c2ccccc2)c2ccccc21. The van der Waals surface area contributed by atoms with Crippen LogP contribution in [0.5, 0.6) is 0 Å². The molecule has 2 aromatic rings. The minimum Gasteiger partial charge on any atom is -0.388 e. The molecule has 3 rings (SSSR count). The quantitative estimate of drug-likeness (QED) is 0.766. The summed E-state index contributed by atoms with van der Waals surface area (Å²) in [5.74, 6) is 0.354. The van der Waals surface area contributed by atoms with Crippen LogP contribution in [0, 0.1) is 0 Å². The fourth-order valence-electron chi connectivity index (χ4n) is 2.61. The third-order valence-electron chi connectivity index (χ3n) is 3.39. The molecule has 2 aromatic carbocycles. The summed E-state index contributed by atoms with van der Waals surface area (Å²) in [6, 6.07) is 18.6. The molecular weight excluding hydrogens is 196 g/mol. The van der Waals surface area contributed by atoms with E-state index in [9.17, 15) is 5.11 Å². The first-order valence-corrected chi connectivity index (χ1v) is 5.68. The molecule has 1 aliphatic carbocycles. The van der Waals surface area contributed by atoms with E-state index in [2.05, 4.69) is 30.3 Å². The van der Waals surface area contributed by atoms with Crippen LogP contribution in [-0.2, 0) is 0 Å². The minimum atomic E-state index is -0.304. The second-order valence-electron chi connectivity index (χ2n) is 4.34. The van der Waals surface area contributed by atoms with Crippen molar-refractivity contribution < 1.29 is 5.11 Å². The second-order valence-corrected chi connectivity index (χ2v) is 4.34. The molecule has 0 fully saturated rings. The normalized spacial score (nSPS) is 23.1. The lowest BCUT2D eigenvalue weighted by atomic mass is 9.93. The molecule has 0 heterocycles. The Morgan fingerprint density at radius 3 is 2.19 bits per heavy atom. The number of aliphatic hydroxyl groups excluding tert-OH is 1. The van der Waals surface area contributed by atoms with Gasteiger partial charge >= 0.3 is 0 Å². The molecule has 1 nitrogen and oxygen atoms in total. The molecule has 1 heteroatoms. The van der Waals surface area contributed by atoms with E-state index in [1.54, 1.807) is 0 Å². The van der Waals surface area contributed by atoms with Crippen molar-refractivity contribution in [3.8, 4) is 0 Å². The molecule has 1 aliphatic rings. The predicted octanol–water partition coefficient (Wildman–Crippen LogP) is 3.26. The first kappa shape index (κ1) is 9.61. The number of benzene rings is 2. The highest BCUT2D eigenvalue weighted by molar-refractivity contribution is 5.43. The van der Waals surface area contributed by atoms with Gasteiger partial charge in [0.05, 0.1) is 6.10 Å². The van der Waals surface area contributed by atoms with Gasteiger partial charge in [0.25, 0.3) is 0 Å². The summed E-state index contributed by atoms with van der Waals surface area (Å²) >= 11 is 0. The lowest BCUT2D eigenvalue weighted by molar-refractivity contribution is 0.176. The van der Waals surface area contributed by atoms with E-state index in [-0.39, 0.29) is 6.10 Å². The number of fused-ring (bicyclic) bond motifs is 1. The van der Waals surface area contributed by atoms with Crippen molar-refractivity contribution >= 4 is 0 Å². The Labute approximate surface area is 95.4 Å². The van der Waals surface area contributed by atoms with Crippen molar-refractivity contribution in [1.29, 1.82) is 0 Å². The lowest BCUT2D eigenvalue weighted by Crippen LogP contribution is -1.95. The van der Waals surface area contributed by atoms with Crippen molar-refractivity contribution in [1.82, 2.24) is 0 Å². The van der Waals surface area contributed by atoms with Gasteiger partial charge in [-0.3, -0.25) is 0 Å². The first-order chi connectivity index (χ1) is 7.86. The van der Waals surface area contributed by atoms with E-state index in [1.165, 1.54) is 11.1 Å². The van der Waals surface area contributed by atoms with E-state index < -0.39 is 0 Å². The van der Waals surface area contributed by atoms with Crippen LogP contribution < -0.4 is 0 Å². The van der Waals surface area contributed by atoms with Gasteiger partial charge in [0.15, 0.2) is 0 Å². The van der Waals surface area contributed by atoms with Crippen LogP contribution in [0.3, 0.4) is 0 Å². The van der Waals surface area contributed by atoms with Gasteiger partial charge in [-0.15, -0.1) is 0 Å². The molecular formula is C15H14O. The van der Waals surface area contributed by atoms with Crippen LogP contribution in [0.15, 0.2) is 54.6 Å². The van der Waals surface area contributed by atoms with Crippen molar-refractivity contribution in [3.63, 3.8) is 0 Å². The molecule has 0 amide bonds. The van der Waals surface area contributed by atoms with Gasteiger partial charge in [-0.2, -0.15) is 0 Å². The molecule has 0 bridgehead atoms. The van der Waals surface area contributed by atoms with Crippen LogP contribution >= 0.6 is 0 Å². The number of hydrogen-bond donors (Lipinski definition) is 1. The summed E-state index contributed by atoms with van der Waals surface area (Å²) in [6.45, 7) is 0. The van der Waals surface area contributed by atoms with E-state index in [0.717, 1.165) is 12.0 Å². The van der Waals surface area contributed by atoms with Crippen molar-refractivity contribution in [2.45, 2.75) is 18.4 Å². The fourth-order valence-corrected chi connectivity index (χ4v) is 2.61. The van der Waals surface area contributed by atoms with Crippen LogP contribution in [0.4, 0.5) is 0 Å². The summed E-state index contributed by atoms with van der Waals surface area (Å²) < 4.78 is 0. The summed E-state index contributed by atoms with van der Waals surface area (Å²) in [5.41, 5.74) is 3.67. The summed E-state index contributed by atoms with van der Waals surface area (Å²) in [5, 5.41) is 10.0. The first-order valence-electron chi connectivity index (χ1n) is 5.68. The van der Waals surface area contributed by atoms with Crippen LogP contribution in [0.1, 0.15) is 35.1 Å². The van der Waals surface area contributed by atoms with Gasteiger partial charge in [0, 0.05) is 5.92 Å². The average molecular weight is 210 g/mol. The summed E-state index contributed by atoms with van der Waals surface area (Å²) in [4.78, 5) is 0. The van der Waals surface area contributed by atoms with Crippen molar-refractivity contribution in [2.24, 2.45) is 0 Å². The van der Waals surface area contributed by atoms with E-state index in [4.69, 9.17) is 0 Å².